The molecule has 5 nitrogen and oxygen atoms in total. The highest BCUT2D eigenvalue weighted by atomic mass is 32.1. The van der Waals surface area contributed by atoms with Crippen LogP contribution in [-0.2, 0) is 6.54 Å². The van der Waals surface area contributed by atoms with Gasteiger partial charge in [0.25, 0.3) is 5.91 Å². The Labute approximate surface area is 125 Å². The van der Waals surface area contributed by atoms with Crippen molar-refractivity contribution in [3.63, 3.8) is 0 Å². The first kappa shape index (κ1) is 13.4. The van der Waals surface area contributed by atoms with Gasteiger partial charge in [-0.15, -0.1) is 0 Å². The molecule has 0 aromatic carbocycles. The van der Waals surface area contributed by atoms with Gasteiger partial charge in [0, 0.05) is 19.6 Å². The van der Waals surface area contributed by atoms with Crippen molar-refractivity contribution in [1.29, 1.82) is 0 Å². The number of thiazole rings is 1. The van der Waals surface area contributed by atoms with E-state index in [0.29, 0.717) is 28.4 Å². The Morgan fingerprint density at radius 3 is 2.95 bits per heavy atom. The van der Waals surface area contributed by atoms with Gasteiger partial charge in [0.2, 0.25) is 0 Å². The third-order valence-corrected chi connectivity index (χ3v) is 5.05. The molecule has 0 atom stereocenters. The van der Waals surface area contributed by atoms with Crippen molar-refractivity contribution >= 4 is 39.5 Å². The fraction of sp³-hybridized carbons (Fsp3) is 0.385. The molecule has 2 heterocycles. The van der Waals surface area contributed by atoms with Gasteiger partial charge in [-0.2, -0.15) is 11.3 Å². The van der Waals surface area contributed by atoms with E-state index < -0.39 is 0 Å². The molecule has 0 unspecified atom stereocenters. The van der Waals surface area contributed by atoms with Crippen molar-refractivity contribution in [2.45, 2.75) is 25.4 Å². The summed E-state index contributed by atoms with van der Waals surface area (Å²) in [5.41, 5.74) is 7.04. The topological polar surface area (TPSA) is 71.2 Å². The highest BCUT2D eigenvalue weighted by Gasteiger charge is 2.34. The lowest BCUT2D eigenvalue weighted by Crippen LogP contribution is -2.32. The molecule has 106 valence electrons. The monoisotopic (exact) mass is 308 g/mol. The van der Waals surface area contributed by atoms with Gasteiger partial charge in [0.15, 0.2) is 5.13 Å². The van der Waals surface area contributed by atoms with Gasteiger partial charge in [-0.3, -0.25) is 4.79 Å². The molecular weight excluding hydrogens is 292 g/mol. The number of amides is 1. The van der Waals surface area contributed by atoms with Crippen LogP contribution in [0.1, 0.15) is 28.1 Å². The standard InChI is InChI=1S/C13H16N4OS2/c1-15-13-16-11(14)10(20-13)12(18)17(9-2-3-9)6-8-4-5-19-7-8/h4-5,7,9H,2-3,6,14H2,1H3,(H,15,16). The minimum Gasteiger partial charge on any atom is -0.382 e. The van der Waals surface area contributed by atoms with E-state index in [9.17, 15) is 4.79 Å². The van der Waals surface area contributed by atoms with Crippen LogP contribution in [0.2, 0.25) is 0 Å². The lowest BCUT2D eigenvalue weighted by atomic mass is 10.3. The lowest BCUT2D eigenvalue weighted by molar-refractivity contribution is 0.0736. The quantitative estimate of drug-likeness (QED) is 0.891. The SMILES string of the molecule is CNc1nc(N)c(C(=O)N(Cc2ccsc2)C2CC2)s1. The van der Waals surface area contributed by atoms with E-state index in [1.54, 1.807) is 18.4 Å². The molecule has 3 N–H and O–H groups in total. The molecule has 2 aromatic heterocycles. The molecule has 20 heavy (non-hydrogen) atoms. The van der Waals surface area contributed by atoms with E-state index in [-0.39, 0.29) is 5.91 Å². The van der Waals surface area contributed by atoms with Crippen molar-refractivity contribution in [1.82, 2.24) is 9.88 Å². The predicted molar refractivity (Wildman–Crippen MR) is 83.3 cm³/mol. The van der Waals surface area contributed by atoms with E-state index in [4.69, 9.17) is 5.73 Å². The smallest absolute Gasteiger partial charge is 0.268 e. The molecule has 1 amide bonds. The summed E-state index contributed by atoms with van der Waals surface area (Å²) in [5.74, 6) is 0.315. The molecule has 2 aromatic rings. The highest BCUT2D eigenvalue weighted by Crippen LogP contribution is 2.33. The molecule has 7 heteroatoms. The average molecular weight is 308 g/mol. The molecule has 1 fully saturated rings. The van der Waals surface area contributed by atoms with Crippen molar-refractivity contribution < 1.29 is 4.79 Å². The van der Waals surface area contributed by atoms with E-state index in [2.05, 4.69) is 21.7 Å². The van der Waals surface area contributed by atoms with Crippen LogP contribution in [0.15, 0.2) is 16.8 Å². The first-order valence-electron chi connectivity index (χ1n) is 6.45. The molecule has 0 bridgehead atoms. The zero-order valence-corrected chi connectivity index (χ0v) is 12.8. The highest BCUT2D eigenvalue weighted by molar-refractivity contribution is 7.18. The number of hydrogen-bond donors (Lipinski definition) is 2. The molecule has 0 spiro atoms. The van der Waals surface area contributed by atoms with Gasteiger partial charge in [0.1, 0.15) is 10.7 Å². The van der Waals surface area contributed by atoms with Gasteiger partial charge in [-0.25, -0.2) is 4.98 Å². The summed E-state index contributed by atoms with van der Waals surface area (Å²) in [4.78, 5) is 19.3. The van der Waals surface area contributed by atoms with Crippen LogP contribution in [0.3, 0.4) is 0 Å². The van der Waals surface area contributed by atoms with Gasteiger partial charge in [-0.1, -0.05) is 11.3 Å². The summed E-state index contributed by atoms with van der Waals surface area (Å²) in [6.07, 6.45) is 2.15. The number of rotatable bonds is 5. The van der Waals surface area contributed by atoms with E-state index in [1.165, 1.54) is 16.9 Å². The van der Waals surface area contributed by atoms with Crippen LogP contribution < -0.4 is 11.1 Å². The number of nitrogens with two attached hydrogens (primary N) is 1. The van der Waals surface area contributed by atoms with E-state index >= 15 is 0 Å². The Hall–Kier alpha value is -1.60. The van der Waals surface area contributed by atoms with Crippen LogP contribution in [0.25, 0.3) is 0 Å². The normalized spacial score (nSPS) is 14.2. The third-order valence-electron chi connectivity index (χ3n) is 3.24. The summed E-state index contributed by atoms with van der Waals surface area (Å²) in [6, 6.07) is 2.41. The van der Waals surface area contributed by atoms with Gasteiger partial charge in [0.05, 0.1) is 0 Å². The minimum atomic E-state index is -0.00444. The summed E-state index contributed by atoms with van der Waals surface area (Å²) < 4.78 is 0. The minimum absolute atomic E-state index is 0.00444. The number of thiophene rings is 1. The molecule has 0 saturated heterocycles. The number of nitrogens with zero attached hydrogens (tertiary/aromatic N) is 2. The van der Waals surface area contributed by atoms with Crippen LogP contribution in [0.5, 0.6) is 0 Å². The van der Waals surface area contributed by atoms with Gasteiger partial charge >= 0.3 is 0 Å². The molecule has 0 aliphatic heterocycles. The summed E-state index contributed by atoms with van der Waals surface area (Å²) >= 11 is 2.97. The van der Waals surface area contributed by atoms with Crippen LogP contribution >= 0.6 is 22.7 Å². The summed E-state index contributed by atoms with van der Waals surface area (Å²) in [6.45, 7) is 0.652. The first-order valence-corrected chi connectivity index (χ1v) is 8.21. The number of carbonyl (C=O) groups is 1. The molecule has 0 radical (unpaired) electrons. The van der Waals surface area contributed by atoms with Gasteiger partial charge in [-0.05, 0) is 35.2 Å². The second kappa shape index (κ2) is 5.41. The number of nitrogens with one attached hydrogen (secondary N) is 1. The maximum atomic E-state index is 12.7. The maximum Gasteiger partial charge on any atom is 0.268 e. The van der Waals surface area contributed by atoms with E-state index in [0.717, 1.165) is 12.8 Å². The number of nitrogen functional groups attached to an aromatic ring is 1. The number of carbonyl (C=O) groups excluding carboxylic acids is 1. The van der Waals surface area contributed by atoms with Crippen molar-refractivity contribution in [3.8, 4) is 0 Å². The van der Waals surface area contributed by atoms with Crippen LogP contribution in [-0.4, -0.2) is 28.9 Å². The fourth-order valence-corrected chi connectivity index (χ4v) is 3.51. The lowest BCUT2D eigenvalue weighted by Gasteiger charge is -2.21. The maximum absolute atomic E-state index is 12.7. The second-order valence-corrected chi connectivity index (χ2v) is 6.56. The third kappa shape index (κ3) is 2.64. The molecule has 1 aliphatic carbocycles. The Morgan fingerprint density at radius 2 is 2.40 bits per heavy atom. The fourth-order valence-electron chi connectivity index (χ4n) is 2.05. The molecule has 1 saturated carbocycles. The average Bonchev–Trinajstić information content (AvgIpc) is 3.01. The zero-order valence-electron chi connectivity index (χ0n) is 11.1. The summed E-state index contributed by atoms with van der Waals surface area (Å²) in [7, 11) is 1.77. The second-order valence-electron chi connectivity index (χ2n) is 4.78. The largest absolute Gasteiger partial charge is 0.382 e. The van der Waals surface area contributed by atoms with Crippen molar-refractivity contribution in [2.24, 2.45) is 0 Å². The predicted octanol–water partition coefficient (Wildman–Crippen LogP) is 2.63. The Kier molecular flexibility index (Phi) is 3.62. The summed E-state index contributed by atoms with van der Waals surface area (Å²) in [5, 5.41) is 7.72. The zero-order chi connectivity index (χ0) is 14.1. The Morgan fingerprint density at radius 1 is 1.60 bits per heavy atom. The van der Waals surface area contributed by atoms with Crippen molar-refractivity contribution in [3.05, 3.63) is 27.3 Å². The molecular formula is C13H16N4OS2. The Bertz CT molecular complexity index is 604. The number of anilines is 2. The van der Waals surface area contributed by atoms with Crippen LogP contribution in [0, 0.1) is 0 Å². The first-order chi connectivity index (χ1) is 9.69. The van der Waals surface area contributed by atoms with Crippen molar-refractivity contribution in [2.75, 3.05) is 18.1 Å². The van der Waals surface area contributed by atoms with Gasteiger partial charge < -0.3 is 16.0 Å². The van der Waals surface area contributed by atoms with E-state index in [1.807, 2.05) is 10.3 Å². The molecule has 3 rings (SSSR count). The number of aromatic nitrogens is 1. The Balaban J connectivity index is 1.83. The molecule has 1 aliphatic rings. The van der Waals surface area contributed by atoms with Crippen LogP contribution in [0.4, 0.5) is 10.9 Å². The number of hydrogen-bond acceptors (Lipinski definition) is 6.